The smallest absolute Gasteiger partial charge is 0.276 e. The Labute approximate surface area is 120 Å². The van der Waals surface area contributed by atoms with Gasteiger partial charge in [-0.2, -0.15) is 0 Å². The third-order valence-corrected chi connectivity index (χ3v) is 4.89. The van der Waals surface area contributed by atoms with Gasteiger partial charge >= 0.3 is 0 Å². The van der Waals surface area contributed by atoms with Crippen LogP contribution in [0.2, 0.25) is 0 Å². The summed E-state index contributed by atoms with van der Waals surface area (Å²) >= 11 is 1.68. The van der Waals surface area contributed by atoms with Gasteiger partial charge in [-0.05, 0) is 44.1 Å². The Hall–Kier alpha value is -1.88. The summed E-state index contributed by atoms with van der Waals surface area (Å²) in [5.41, 5.74) is 4.81. The van der Waals surface area contributed by atoms with Gasteiger partial charge in [0.15, 0.2) is 5.65 Å². The summed E-state index contributed by atoms with van der Waals surface area (Å²) in [7, 11) is 0. The zero-order chi connectivity index (χ0) is 13.7. The van der Waals surface area contributed by atoms with E-state index >= 15 is 0 Å². The molecule has 0 fully saturated rings. The van der Waals surface area contributed by atoms with E-state index in [0.29, 0.717) is 0 Å². The molecule has 0 saturated heterocycles. The predicted molar refractivity (Wildman–Crippen MR) is 80.5 cm³/mol. The molecule has 3 aromatic heterocycles. The fraction of sp³-hybridized carbons (Fsp3) is 0.333. The van der Waals surface area contributed by atoms with Crippen LogP contribution in [0.3, 0.4) is 0 Å². The third kappa shape index (κ3) is 1.59. The molecule has 0 radical (unpaired) electrons. The van der Waals surface area contributed by atoms with E-state index in [9.17, 15) is 4.79 Å². The molecule has 0 bridgehead atoms. The number of H-pyrrole nitrogens is 1. The van der Waals surface area contributed by atoms with Crippen molar-refractivity contribution in [3.63, 3.8) is 0 Å². The highest BCUT2D eigenvalue weighted by atomic mass is 32.1. The molecular weight excluding hydrogens is 270 g/mol. The second kappa shape index (κ2) is 4.31. The van der Waals surface area contributed by atoms with Gasteiger partial charge in [0, 0.05) is 16.1 Å². The number of hydrogen-bond donors (Lipinski definition) is 1. The number of aromatic nitrogens is 3. The topological polar surface area (TPSA) is 50.2 Å². The molecule has 3 aromatic rings. The van der Waals surface area contributed by atoms with Crippen LogP contribution >= 0.6 is 11.3 Å². The van der Waals surface area contributed by atoms with Crippen molar-refractivity contribution in [3.05, 3.63) is 44.8 Å². The van der Waals surface area contributed by atoms with Gasteiger partial charge in [-0.15, -0.1) is 11.3 Å². The van der Waals surface area contributed by atoms with E-state index in [0.717, 1.165) is 58.7 Å². The second-order valence-corrected chi connectivity index (χ2v) is 6.25. The molecule has 0 aromatic carbocycles. The van der Waals surface area contributed by atoms with Crippen molar-refractivity contribution in [2.45, 2.75) is 32.6 Å². The summed E-state index contributed by atoms with van der Waals surface area (Å²) in [6.45, 7) is 2.00. The molecule has 1 aliphatic rings. The van der Waals surface area contributed by atoms with Crippen LogP contribution in [0, 0.1) is 6.92 Å². The van der Waals surface area contributed by atoms with Crippen molar-refractivity contribution in [3.8, 4) is 10.4 Å². The Bertz CT molecular complexity index is 842. The van der Waals surface area contributed by atoms with Crippen LogP contribution in [0.1, 0.15) is 29.8 Å². The first-order valence-electron chi connectivity index (χ1n) is 6.92. The monoisotopic (exact) mass is 285 g/mol. The summed E-state index contributed by atoms with van der Waals surface area (Å²) in [4.78, 5) is 18.6. The van der Waals surface area contributed by atoms with Gasteiger partial charge in [0.25, 0.3) is 5.56 Å². The van der Waals surface area contributed by atoms with E-state index in [1.165, 1.54) is 0 Å². The molecule has 4 nitrogen and oxygen atoms in total. The normalized spacial score (nSPS) is 14.7. The maximum Gasteiger partial charge on any atom is 0.276 e. The van der Waals surface area contributed by atoms with E-state index in [-0.39, 0.29) is 5.56 Å². The molecular formula is C15H15N3OS. The number of aryl methyl sites for hydroxylation is 2. The zero-order valence-corrected chi connectivity index (χ0v) is 12.1. The third-order valence-electron chi connectivity index (χ3n) is 4.00. The lowest BCUT2D eigenvalue weighted by molar-refractivity contribution is 0.651. The quantitative estimate of drug-likeness (QED) is 0.747. The highest BCUT2D eigenvalue weighted by Gasteiger charge is 2.21. The number of nitrogens with zero attached hydrogens (tertiary/aromatic N) is 2. The molecule has 0 atom stereocenters. The molecule has 0 spiro atoms. The summed E-state index contributed by atoms with van der Waals surface area (Å²) in [6.07, 6.45) is 4.01. The van der Waals surface area contributed by atoms with Crippen LogP contribution in [0.4, 0.5) is 0 Å². The maximum atomic E-state index is 12.6. The molecule has 102 valence electrons. The number of fused-ring (bicyclic) bond motifs is 2. The Balaban J connectivity index is 2.10. The summed E-state index contributed by atoms with van der Waals surface area (Å²) < 4.78 is 1.62. The van der Waals surface area contributed by atoms with E-state index in [1.54, 1.807) is 15.9 Å². The first kappa shape index (κ1) is 11.9. The number of aromatic amines is 1. The number of nitrogens with one attached hydrogen (secondary N) is 1. The lowest BCUT2D eigenvalue weighted by atomic mass is 9.97. The fourth-order valence-corrected chi connectivity index (χ4v) is 3.85. The van der Waals surface area contributed by atoms with E-state index < -0.39 is 0 Å². The molecule has 0 aliphatic heterocycles. The first-order chi connectivity index (χ1) is 9.75. The van der Waals surface area contributed by atoms with Gasteiger partial charge in [0.05, 0.1) is 11.3 Å². The highest BCUT2D eigenvalue weighted by Crippen LogP contribution is 2.31. The minimum Gasteiger partial charge on any atom is -0.293 e. The average molecular weight is 285 g/mol. The van der Waals surface area contributed by atoms with Crippen LogP contribution in [0.15, 0.2) is 22.3 Å². The SMILES string of the molecule is Cc1[nH]n2c(=O)c3c(nc2c1-c1cccs1)CCCC3. The molecule has 3 heterocycles. The van der Waals surface area contributed by atoms with Crippen LogP contribution in [-0.2, 0) is 12.8 Å². The molecule has 5 heteroatoms. The Morgan fingerprint density at radius 2 is 2.20 bits per heavy atom. The van der Waals surface area contributed by atoms with Crippen LogP contribution < -0.4 is 5.56 Å². The minimum atomic E-state index is 0.0793. The van der Waals surface area contributed by atoms with Crippen LogP contribution in [0.5, 0.6) is 0 Å². The number of hydrogen-bond acceptors (Lipinski definition) is 3. The van der Waals surface area contributed by atoms with Crippen molar-refractivity contribution in [1.29, 1.82) is 0 Å². The Morgan fingerprint density at radius 1 is 1.35 bits per heavy atom. The largest absolute Gasteiger partial charge is 0.293 e. The lowest BCUT2D eigenvalue weighted by Gasteiger charge is -2.13. The highest BCUT2D eigenvalue weighted by molar-refractivity contribution is 7.13. The molecule has 4 rings (SSSR count). The summed E-state index contributed by atoms with van der Waals surface area (Å²) in [6, 6.07) is 4.10. The lowest BCUT2D eigenvalue weighted by Crippen LogP contribution is -2.25. The molecule has 20 heavy (non-hydrogen) atoms. The standard InChI is InChI=1S/C15H15N3OS/c1-9-13(12-7-4-8-20-12)14-16-11-6-3-2-5-10(11)15(19)18(14)17-9/h4,7-8,17H,2-3,5-6H2,1H3. The Kier molecular flexibility index (Phi) is 2.57. The van der Waals surface area contributed by atoms with Crippen LogP contribution in [-0.4, -0.2) is 14.6 Å². The average Bonchev–Trinajstić information content (AvgIpc) is 3.06. The van der Waals surface area contributed by atoms with E-state index in [2.05, 4.69) is 16.5 Å². The van der Waals surface area contributed by atoms with Crippen LogP contribution in [0.25, 0.3) is 16.1 Å². The van der Waals surface area contributed by atoms with Crippen molar-refractivity contribution >= 4 is 17.0 Å². The fourth-order valence-electron chi connectivity index (χ4n) is 3.03. The van der Waals surface area contributed by atoms with Crippen molar-refractivity contribution in [1.82, 2.24) is 14.6 Å². The van der Waals surface area contributed by atoms with Gasteiger partial charge in [-0.3, -0.25) is 9.89 Å². The van der Waals surface area contributed by atoms with E-state index in [1.807, 2.05) is 13.0 Å². The number of rotatable bonds is 1. The van der Waals surface area contributed by atoms with Gasteiger partial charge in [-0.25, -0.2) is 9.50 Å². The van der Waals surface area contributed by atoms with Gasteiger partial charge in [0.2, 0.25) is 0 Å². The first-order valence-corrected chi connectivity index (χ1v) is 7.80. The Morgan fingerprint density at radius 3 is 3.00 bits per heavy atom. The molecule has 0 unspecified atom stereocenters. The molecule has 1 N–H and O–H groups in total. The molecule has 0 saturated carbocycles. The summed E-state index contributed by atoms with van der Waals surface area (Å²) in [5.74, 6) is 0. The second-order valence-electron chi connectivity index (χ2n) is 5.30. The minimum absolute atomic E-state index is 0.0793. The molecule has 1 aliphatic carbocycles. The summed E-state index contributed by atoms with van der Waals surface area (Å²) in [5, 5.41) is 5.23. The van der Waals surface area contributed by atoms with E-state index in [4.69, 9.17) is 4.98 Å². The van der Waals surface area contributed by atoms with Gasteiger partial charge < -0.3 is 0 Å². The molecule has 0 amide bonds. The number of thiophene rings is 1. The van der Waals surface area contributed by atoms with Crippen molar-refractivity contribution in [2.24, 2.45) is 0 Å². The van der Waals surface area contributed by atoms with Crippen molar-refractivity contribution < 1.29 is 0 Å². The van der Waals surface area contributed by atoms with Crippen molar-refractivity contribution in [2.75, 3.05) is 0 Å². The van der Waals surface area contributed by atoms with Gasteiger partial charge in [0.1, 0.15) is 0 Å². The van der Waals surface area contributed by atoms with Gasteiger partial charge in [-0.1, -0.05) is 6.07 Å². The predicted octanol–water partition coefficient (Wildman–Crippen LogP) is 2.94. The maximum absolute atomic E-state index is 12.6. The zero-order valence-electron chi connectivity index (χ0n) is 11.3.